The van der Waals surface area contributed by atoms with E-state index < -0.39 is 30.7 Å². The number of aliphatic hydroxyl groups is 3. The maximum Gasteiger partial charge on any atom is 0.183 e. The molecule has 0 aromatic heterocycles. The highest BCUT2D eigenvalue weighted by Crippen LogP contribution is 2.21. The van der Waals surface area contributed by atoms with Crippen molar-refractivity contribution in [1.82, 2.24) is 0 Å². The average Bonchev–Trinajstić information content (AvgIpc) is 2.09. The van der Waals surface area contributed by atoms with Crippen molar-refractivity contribution < 1.29 is 24.8 Å². The van der Waals surface area contributed by atoms with Crippen molar-refractivity contribution >= 4 is 0 Å². The van der Waals surface area contributed by atoms with E-state index in [4.69, 9.17) is 9.47 Å². The first-order chi connectivity index (χ1) is 6.07. The van der Waals surface area contributed by atoms with Crippen LogP contribution in [0.3, 0.4) is 0 Å². The number of hydrogen-bond acceptors (Lipinski definition) is 5. The third-order valence-electron chi connectivity index (χ3n) is 2.16. The van der Waals surface area contributed by atoms with E-state index >= 15 is 0 Å². The first-order valence-corrected chi connectivity index (χ1v) is 4.39. The zero-order chi connectivity index (χ0) is 10.0. The highest BCUT2D eigenvalue weighted by Gasteiger charge is 2.42. The van der Waals surface area contributed by atoms with Gasteiger partial charge in [0.05, 0.1) is 6.10 Å². The third kappa shape index (κ3) is 2.18. The molecule has 5 nitrogen and oxygen atoms in total. The van der Waals surface area contributed by atoms with Crippen LogP contribution in [-0.2, 0) is 9.47 Å². The van der Waals surface area contributed by atoms with Crippen LogP contribution >= 0.6 is 0 Å². The van der Waals surface area contributed by atoms with Crippen LogP contribution in [0.4, 0.5) is 0 Å². The van der Waals surface area contributed by atoms with Gasteiger partial charge in [0.25, 0.3) is 0 Å². The zero-order valence-electron chi connectivity index (χ0n) is 7.75. The SMILES string of the molecule is CCOC1C(O)C(O)OC(C)[C@@H]1O. The first-order valence-electron chi connectivity index (χ1n) is 4.39. The molecule has 0 aromatic carbocycles. The molecule has 0 aromatic rings. The molecular weight excluding hydrogens is 176 g/mol. The number of rotatable bonds is 2. The van der Waals surface area contributed by atoms with Gasteiger partial charge in [-0.25, -0.2) is 0 Å². The van der Waals surface area contributed by atoms with Gasteiger partial charge in [0.1, 0.15) is 18.3 Å². The zero-order valence-corrected chi connectivity index (χ0v) is 7.75. The van der Waals surface area contributed by atoms with E-state index in [1.807, 2.05) is 0 Å². The third-order valence-corrected chi connectivity index (χ3v) is 2.16. The quantitative estimate of drug-likeness (QED) is 0.515. The minimum absolute atomic E-state index is 0.373. The standard InChI is InChI=1S/C8H16O5/c1-3-12-7-5(9)4(2)13-8(11)6(7)10/h4-11H,3H2,1-2H3/t4?,5-,6?,7?,8?/m0/s1. The van der Waals surface area contributed by atoms with E-state index in [-0.39, 0.29) is 0 Å². The molecule has 3 N–H and O–H groups in total. The van der Waals surface area contributed by atoms with Crippen LogP contribution in [0, 0.1) is 0 Å². The van der Waals surface area contributed by atoms with Crippen LogP contribution in [-0.4, -0.2) is 52.6 Å². The lowest BCUT2D eigenvalue weighted by molar-refractivity contribution is -0.285. The summed E-state index contributed by atoms with van der Waals surface area (Å²) in [7, 11) is 0. The molecule has 0 spiro atoms. The largest absolute Gasteiger partial charge is 0.388 e. The molecule has 1 aliphatic heterocycles. The fourth-order valence-corrected chi connectivity index (χ4v) is 1.40. The summed E-state index contributed by atoms with van der Waals surface area (Å²) in [5.74, 6) is 0. The molecule has 1 heterocycles. The van der Waals surface area contributed by atoms with Crippen LogP contribution in [0.15, 0.2) is 0 Å². The Hall–Kier alpha value is -0.200. The Morgan fingerprint density at radius 1 is 1.23 bits per heavy atom. The van der Waals surface area contributed by atoms with Crippen LogP contribution in [0.1, 0.15) is 13.8 Å². The van der Waals surface area contributed by atoms with Gasteiger partial charge in [0.2, 0.25) is 0 Å². The fourth-order valence-electron chi connectivity index (χ4n) is 1.40. The summed E-state index contributed by atoms with van der Waals surface area (Å²) in [5, 5.41) is 28.1. The summed E-state index contributed by atoms with van der Waals surface area (Å²) in [5.41, 5.74) is 0. The predicted octanol–water partition coefficient (Wildman–Crippen LogP) is -1.15. The van der Waals surface area contributed by atoms with Crippen molar-refractivity contribution in [1.29, 1.82) is 0 Å². The summed E-state index contributed by atoms with van der Waals surface area (Å²) >= 11 is 0. The Labute approximate surface area is 76.9 Å². The molecule has 5 atom stereocenters. The van der Waals surface area contributed by atoms with Gasteiger partial charge in [0.15, 0.2) is 6.29 Å². The average molecular weight is 192 g/mol. The van der Waals surface area contributed by atoms with Crippen molar-refractivity contribution in [3.63, 3.8) is 0 Å². The van der Waals surface area contributed by atoms with Gasteiger partial charge in [0, 0.05) is 6.61 Å². The van der Waals surface area contributed by atoms with Gasteiger partial charge < -0.3 is 24.8 Å². The van der Waals surface area contributed by atoms with Gasteiger partial charge in [-0.05, 0) is 13.8 Å². The lowest BCUT2D eigenvalue weighted by Gasteiger charge is -2.39. The van der Waals surface area contributed by atoms with Gasteiger partial charge in [-0.1, -0.05) is 0 Å². The van der Waals surface area contributed by atoms with Gasteiger partial charge >= 0.3 is 0 Å². The minimum atomic E-state index is -1.28. The molecule has 1 fully saturated rings. The molecule has 0 bridgehead atoms. The second-order valence-corrected chi connectivity index (χ2v) is 3.13. The van der Waals surface area contributed by atoms with Crippen LogP contribution in [0.2, 0.25) is 0 Å². The second kappa shape index (κ2) is 4.34. The fraction of sp³-hybridized carbons (Fsp3) is 1.00. The molecule has 13 heavy (non-hydrogen) atoms. The molecular formula is C8H16O5. The molecule has 1 aliphatic rings. The predicted molar refractivity (Wildman–Crippen MR) is 44.0 cm³/mol. The Bertz CT molecular complexity index is 149. The Kier molecular flexibility index (Phi) is 3.63. The lowest BCUT2D eigenvalue weighted by atomic mass is 10.00. The summed E-state index contributed by atoms with van der Waals surface area (Å²) in [6.45, 7) is 3.75. The Morgan fingerprint density at radius 2 is 1.85 bits per heavy atom. The molecule has 5 heteroatoms. The Balaban J connectivity index is 2.64. The maximum atomic E-state index is 9.54. The van der Waals surface area contributed by atoms with Gasteiger partial charge in [-0.15, -0.1) is 0 Å². The topological polar surface area (TPSA) is 79.2 Å². The van der Waals surface area contributed by atoms with Gasteiger partial charge in [-0.3, -0.25) is 0 Å². The molecule has 0 aliphatic carbocycles. The highest BCUT2D eigenvalue weighted by molar-refractivity contribution is 4.87. The summed E-state index contributed by atoms with van der Waals surface area (Å²) in [6.07, 6.45) is -4.68. The summed E-state index contributed by atoms with van der Waals surface area (Å²) in [4.78, 5) is 0. The van der Waals surface area contributed by atoms with Crippen LogP contribution in [0.25, 0.3) is 0 Å². The van der Waals surface area contributed by atoms with E-state index in [2.05, 4.69) is 0 Å². The minimum Gasteiger partial charge on any atom is -0.388 e. The molecule has 1 saturated heterocycles. The van der Waals surface area contributed by atoms with Crippen molar-refractivity contribution in [3.05, 3.63) is 0 Å². The van der Waals surface area contributed by atoms with Crippen LogP contribution < -0.4 is 0 Å². The smallest absolute Gasteiger partial charge is 0.183 e. The summed E-state index contributed by atoms with van der Waals surface area (Å²) < 4.78 is 9.97. The number of ether oxygens (including phenoxy) is 2. The normalized spacial score (nSPS) is 46.4. The van der Waals surface area contributed by atoms with Crippen molar-refractivity contribution in [2.24, 2.45) is 0 Å². The van der Waals surface area contributed by atoms with E-state index in [1.165, 1.54) is 0 Å². The van der Waals surface area contributed by atoms with E-state index in [1.54, 1.807) is 13.8 Å². The van der Waals surface area contributed by atoms with Crippen LogP contribution in [0.5, 0.6) is 0 Å². The molecule has 1 rings (SSSR count). The lowest BCUT2D eigenvalue weighted by Crippen LogP contribution is -2.57. The summed E-state index contributed by atoms with van der Waals surface area (Å²) in [6, 6.07) is 0. The monoisotopic (exact) mass is 192 g/mol. The molecule has 78 valence electrons. The van der Waals surface area contributed by atoms with Crippen molar-refractivity contribution in [3.8, 4) is 0 Å². The molecule has 0 radical (unpaired) electrons. The second-order valence-electron chi connectivity index (χ2n) is 3.13. The molecule has 0 amide bonds. The van der Waals surface area contributed by atoms with Gasteiger partial charge in [-0.2, -0.15) is 0 Å². The first kappa shape index (κ1) is 10.9. The van der Waals surface area contributed by atoms with Crippen molar-refractivity contribution in [2.75, 3.05) is 6.61 Å². The Morgan fingerprint density at radius 3 is 2.38 bits per heavy atom. The van der Waals surface area contributed by atoms with E-state index in [0.29, 0.717) is 6.61 Å². The molecule has 4 unspecified atom stereocenters. The van der Waals surface area contributed by atoms with E-state index in [0.717, 1.165) is 0 Å². The number of hydrogen-bond donors (Lipinski definition) is 3. The van der Waals surface area contributed by atoms with E-state index in [9.17, 15) is 15.3 Å². The highest BCUT2D eigenvalue weighted by atomic mass is 16.6. The molecule has 0 saturated carbocycles. The number of aliphatic hydroxyl groups excluding tert-OH is 3. The maximum absolute atomic E-state index is 9.54. The van der Waals surface area contributed by atoms with Crippen molar-refractivity contribution in [2.45, 2.75) is 44.6 Å².